The molecule has 16 heavy (non-hydrogen) atoms. The molecular weight excluding hydrogens is 202 g/mol. The van der Waals surface area contributed by atoms with E-state index < -0.39 is 0 Å². The summed E-state index contributed by atoms with van der Waals surface area (Å²) in [5.74, 6) is 0. The van der Waals surface area contributed by atoms with Crippen LogP contribution in [-0.4, -0.2) is 23.0 Å². The monoisotopic (exact) mass is 215 g/mol. The van der Waals surface area contributed by atoms with Gasteiger partial charge in [0.25, 0.3) is 0 Å². The van der Waals surface area contributed by atoms with Gasteiger partial charge in [-0.25, -0.2) is 0 Å². The number of nitrogens with one attached hydrogen (secondary N) is 1. The van der Waals surface area contributed by atoms with Crippen LogP contribution < -0.4 is 5.32 Å². The minimum absolute atomic E-state index is 0.620. The van der Waals surface area contributed by atoms with E-state index in [1.165, 1.54) is 4.79 Å². The van der Waals surface area contributed by atoms with Crippen molar-refractivity contribution in [3.8, 4) is 0 Å². The summed E-state index contributed by atoms with van der Waals surface area (Å²) >= 11 is 0. The third-order valence-electron chi connectivity index (χ3n) is 1.96. The normalized spacial score (nSPS) is 10.8. The second-order valence-corrected chi connectivity index (χ2v) is 3.17. The van der Waals surface area contributed by atoms with Gasteiger partial charge in [-0.2, -0.15) is 10.2 Å². The summed E-state index contributed by atoms with van der Waals surface area (Å²) in [4.78, 5) is 1.43. The molecule has 0 aliphatic heterocycles. The quantitative estimate of drug-likeness (QED) is 0.614. The Balaban J connectivity index is 1.69. The van der Waals surface area contributed by atoms with E-state index in [0.29, 0.717) is 6.54 Å². The van der Waals surface area contributed by atoms with Crippen molar-refractivity contribution in [2.24, 2.45) is 10.3 Å². The van der Waals surface area contributed by atoms with Gasteiger partial charge < -0.3 is 5.32 Å². The molecule has 2 rings (SSSR count). The second kappa shape index (κ2) is 5.65. The molecule has 1 aromatic carbocycles. The molecule has 0 aliphatic carbocycles. The average molecular weight is 215 g/mol. The van der Waals surface area contributed by atoms with Crippen LogP contribution in [0.4, 0.5) is 5.69 Å². The Morgan fingerprint density at radius 3 is 2.81 bits per heavy atom. The molecular formula is C11H13N5. The molecule has 0 saturated heterocycles. The van der Waals surface area contributed by atoms with Crippen LogP contribution >= 0.6 is 0 Å². The fourth-order valence-corrected chi connectivity index (χ4v) is 1.23. The highest BCUT2D eigenvalue weighted by Crippen LogP contribution is 2.03. The van der Waals surface area contributed by atoms with Crippen LogP contribution in [0.25, 0.3) is 0 Å². The van der Waals surface area contributed by atoms with Gasteiger partial charge in [-0.15, -0.1) is 4.79 Å². The number of hydrogen-bond acceptors (Lipinski definition) is 4. The third-order valence-corrected chi connectivity index (χ3v) is 1.96. The fraction of sp³-hybridized carbons (Fsp3) is 0.182. The van der Waals surface area contributed by atoms with E-state index in [4.69, 9.17) is 0 Å². The van der Waals surface area contributed by atoms with Gasteiger partial charge in [0.1, 0.15) is 0 Å². The predicted molar refractivity (Wildman–Crippen MR) is 62.3 cm³/mol. The molecule has 5 nitrogen and oxygen atoms in total. The van der Waals surface area contributed by atoms with Gasteiger partial charge in [0.2, 0.25) is 0 Å². The number of para-hydroxylation sites is 1. The Kier molecular flexibility index (Phi) is 3.65. The molecule has 0 atom stereocenters. The van der Waals surface area contributed by atoms with E-state index in [1.54, 1.807) is 18.5 Å². The molecule has 0 radical (unpaired) electrons. The molecule has 0 bridgehead atoms. The second-order valence-electron chi connectivity index (χ2n) is 3.17. The Bertz CT molecular complexity index is 421. The van der Waals surface area contributed by atoms with Gasteiger partial charge in [-0.05, 0) is 23.4 Å². The summed E-state index contributed by atoms with van der Waals surface area (Å²) in [7, 11) is 0. The molecule has 0 spiro atoms. The van der Waals surface area contributed by atoms with Crippen molar-refractivity contribution in [2.45, 2.75) is 0 Å². The van der Waals surface area contributed by atoms with E-state index >= 15 is 0 Å². The van der Waals surface area contributed by atoms with Crippen LogP contribution in [0.15, 0.2) is 59.1 Å². The van der Waals surface area contributed by atoms with E-state index in [9.17, 15) is 0 Å². The first-order valence-electron chi connectivity index (χ1n) is 5.11. The van der Waals surface area contributed by atoms with E-state index in [0.717, 1.165) is 12.2 Å². The SMILES string of the molecule is c1ccc(NCCN=Nn2cccn2)cc1. The van der Waals surface area contributed by atoms with Gasteiger partial charge in [-0.1, -0.05) is 18.2 Å². The lowest BCUT2D eigenvalue weighted by Gasteiger charge is -2.02. The van der Waals surface area contributed by atoms with E-state index in [1.807, 2.05) is 30.3 Å². The summed E-state index contributed by atoms with van der Waals surface area (Å²) < 4.78 is 0. The average Bonchev–Trinajstić information content (AvgIpc) is 2.83. The lowest BCUT2D eigenvalue weighted by molar-refractivity contribution is 0.665. The van der Waals surface area contributed by atoms with Crippen molar-refractivity contribution in [1.82, 2.24) is 9.89 Å². The number of nitrogens with zero attached hydrogens (tertiary/aromatic N) is 4. The lowest BCUT2D eigenvalue weighted by Crippen LogP contribution is -2.04. The van der Waals surface area contributed by atoms with Crippen molar-refractivity contribution < 1.29 is 0 Å². The van der Waals surface area contributed by atoms with Gasteiger partial charge >= 0.3 is 0 Å². The first-order chi connectivity index (χ1) is 7.95. The molecule has 1 N–H and O–H groups in total. The third kappa shape index (κ3) is 3.20. The van der Waals surface area contributed by atoms with Gasteiger partial charge in [-0.3, -0.25) is 0 Å². The van der Waals surface area contributed by atoms with Crippen molar-refractivity contribution >= 4 is 5.69 Å². The van der Waals surface area contributed by atoms with Crippen LogP contribution in [0.5, 0.6) is 0 Å². The number of benzene rings is 1. The van der Waals surface area contributed by atoms with Gasteiger partial charge in [0.15, 0.2) is 0 Å². The number of rotatable bonds is 5. The number of hydrogen-bond donors (Lipinski definition) is 1. The standard InChI is InChI=1S/C11H13N5/c1-2-5-11(6-3-1)12-8-9-13-15-16-10-4-7-14-16/h1-7,10,12H,8-9H2. The Morgan fingerprint density at radius 1 is 1.19 bits per heavy atom. The van der Waals surface area contributed by atoms with Crippen LogP contribution in [0, 0.1) is 0 Å². The molecule has 0 saturated carbocycles. The van der Waals surface area contributed by atoms with Gasteiger partial charge in [0.05, 0.1) is 18.9 Å². The van der Waals surface area contributed by atoms with Crippen molar-refractivity contribution in [3.63, 3.8) is 0 Å². The highest BCUT2D eigenvalue weighted by Gasteiger charge is 1.88. The minimum atomic E-state index is 0.620. The zero-order chi connectivity index (χ0) is 11.1. The maximum Gasteiger partial charge on any atom is 0.0793 e. The Labute approximate surface area is 93.8 Å². The molecule has 1 aromatic heterocycles. The predicted octanol–water partition coefficient (Wildman–Crippen LogP) is 2.21. The maximum atomic E-state index is 3.99. The zero-order valence-corrected chi connectivity index (χ0v) is 8.82. The van der Waals surface area contributed by atoms with Crippen molar-refractivity contribution in [3.05, 3.63) is 48.8 Å². The highest BCUT2D eigenvalue weighted by molar-refractivity contribution is 5.42. The topological polar surface area (TPSA) is 54.6 Å². The van der Waals surface area contributed by atoms with Gasteiger partial charge in [0, 0.05) is 12.2 Å². The van der Waals surface area contributed by atoms with Crippen molar-refractivity contribution in [1.29, 1.82) is 0 Å². The van der Waals surface area contributed by atoms with E-state index in [-0.39, 0.29) is 0 Å². The largest absolute Gasteiger partial charge is 0.383 e. The first-order valence-corrected chi connectivity index (χ1v) is 5.11. The number of anilines is 1. The van der Waals surface area contributed by atoms with E-state index in [2.05, 4.69) is 20.8 Å². The Hall–Kier alpha value is -2.17. The molecule has 0 unspecified atom stereocenters. The number of aromatic nitrogens is 2. The summed E-state index contributed by atoms with van der Waals surface area (Å²) in [5, 5.41) is 15.0. The minimum Gasteiger partial charge on any atom is -0.383 e. The molecule has 0 aliphatic rings. The molecule has 0 fully saturated rings. The summed E-state index contributed by atoms with van der Waals surface area (Å²) in [6, 6.07) is 11.8. The highest BCUT2D eigenvalue weighted by atomic mass is 15.6. The molecule has 82 valence electrons. The molecule has 1 heterocycles. The van der Waals surface area contributed by atoms with Crippen LogP contribution in [0.2, 0.25) is 0 Å². The summed E-state index contributed by atoms with van der Waals surface area (Å²) in [6.07, 6.45) is 3.41. The fourth-order valence-electron chi connectivity index (χ4n) is 1.23. The van der Waals surface area contributed by atoms with Crippen LogP contribution in [0.3, 0.4) is 0 Å². The Morgan fingerprint density at radius 2 is 2.06 bits per heavy atom. The molecule has 0 amide bonds. The lowest BCUT2D eigenvalue weighted by atomic mass is 10.3. The van der Waals surface area contributed by atoms with Crippen LogP contribution in [0.1, 0.15) is 0 Å². The maximum absolute atomic E-state index is 3.99. The molecule has 5 heteroatoms. The van der Waals surface area contributed by atoms with Crippen LogP contribution in [-0.2, 0) is 0 Å². The summed E-state index contributed by atoms with van der Waals surface area (Å²) in [5.41, 5.74) is 1.09. The van der Waals surface area contributed by atoms with Crippen molar-refractivity contribution in [2.75, 3.05) is 18.4 Å². The smallest absolute Gasteiger partial charge is 0.0793 e. The molecule has 2 aromatic rings. The zero-order valence-electron chi connectivity index (χ0n) is 8.82. The summed E-state index contributed by atoms with van der Waals surface area (Å²) in [6.45, 7) is 1.38. The first kappa shape index (κ1) is 10.4.